The first-order chi connectivity index (χ1) is 25.0. The second-order valence-electron chi connectivity index (χ2n) is 12.9. The van der Waals surface area contributed by atoms with Crippen LogP contribution in [0.25, 0.3) is 0 Å². The first kappa shape index (κ1) is 42.2. The zero-order chi connectivity index (χ0) is 37.7. The molecule has 1 atom stereocenters. The van der Waals surface area contributed by atoms with Gasteiger partial charge in [0, 0.05) is 31.7 Å². The minimum atomic E-state index is -1.08. The first-order valence-corrected chi connectivity index (χ1v) is 18.5. The number of esters is 1. The smallest absolute Gasteiger partial charge is 0.319 e. The number of carboxylic acids is 1. The highest BCUT2D eigenvalue weighted by Gasteiger charge is 2.40. The van der Waals surface area contributed by atoms with Crippen LogP contribution in [-0.4, -0.2) is 92.9 Å². The van der Waals surface area contributed by atoms with Gasteiger partial charge in [0.25, 0.3) is 0 Å². The number of carboxylic acid groups (broad SMARTS) is 1. The molecule has 0 fully saturated rings. The average Bonchev–Trinajstić information content (AvgIpc) is 3.12. The molecule has 0 aliphatic rings. The average molecular weight is 737 g/mol. The Morgan fingerprint density at radius 2 is 1.10 bits per heavy atom. The highest BCUT2D eigenvalue weighted by molar-refractivity contribution is 8.00. The number of hydrogen-bond acceptors (Lipinski definition) is 9. The Kier molecular flexibility index (Phi) is 18.4. The fraction of sp³-hybridized carbons (Fsp3) is 0.450. The maximum Gasteiger partial charge on any atom is 0.319 e. The molecule has 2 amide bonds. The zero-order valence-electron chi connectivity index (χ0n) is 30.3. The van der Waals surface area contributed by atoms with Crippen molar-refractivity contribution in [2.75, 3.05) is 58.5 Å². The van der Waals surface area contributed by atoms with Crippen LogP contribution in [0.2, 0.25) is 0 Å². The van der Waals surface area contributed by atoms with Gasteiger partial charge in [0.15, 0.2) is 0 Å². The van der Waals surface area contributed by atoms with Crippen LogP contribution in [-0.2, 0) is 42.9 Å². The topological polar surface area (TPSA) is 149 Å². The van der Waals surface area contributed by atoms with Gasteiger partial charge in [-0.25, -0.2) is 0 Å². The van der Waals surface area contributed by atoms with Crippen molar-refractivity contribution in [1.82, 2.24) is 10.6 Å². The van der Waals surface area contributed by atoms with Crippen molar-refractivity contribution in [2.24, 2.45) is 5.92 Å². The van der Waals surface area contributed by atoms with E-state index < -0.39 is 34.1 Å². The van der Waals surface area contributed by atoms with E-state index in [0.717, 1.165) is 16.7 Å². The minimum Gasteiger partial charge on any atom is -0.481 e. The van der Waals surface area contributed by atoms with E-state index in [-0.39, 0.29) is 37.7 Å². The SMILES string of the molecule is CC(C)(C)OC(=O)C(CSC(c1ccccc1)(c1ccccc1)c1ccccc1)C(=O)NCCOCCOCCOCCNC(=O)CCCC(=O)O. The molecule has 3 N–H and O–H groups in total. The second kappa shape index (κ2) is 22.7. The summed E-state index contributed by atoms with van der Waals surface area (Å²) in [6.07, 6.45) is 0.437. The summed E-state index contributed by atoms with van der Waals surface area (Å²) >= 11 is 1.53. The van der Waals surface area contributed by atoms with Gasteiger partial charge in [0.05, 0.1) is 44.4 Å². The third-order valence-electron chi connectivity index (χ3n) is 7.67. The lowest BCUT2D eigenvalue weighted by molar-refractivity contribution is -0.161. The van der Waals surface area contributed by atoms with Crippen LogP contribution in [0.3, 0.4) is 0 Å². The number of ether oxygens (including phenoxy) is 4. The zero-order valence-corrected chi connectivity index (χ0v) is 31.2. The summed E-state index contributed by atoms with van der Waals surface area (Å²) in [6.45, 7) is 7.76. The van der Waals surface area contributed by atoms with Crippen LogP contribution in [0.1, 0.15) is 56.7 Å². The molecule has 282 valence electrons. The number of rotatable bonds is 24. The van der Waals surface area contributed by atoms with E-state index in [1.807, 2.05) is 54.6 Å². The number of amides is 2. The van der Waals surface area contributed by atoms with E-state index in [1.54, 1.807) is 20.8 Å². The van der Waals surface area contributed by atoms with Gasteiger partial charge >= 0.3 is 11.9 Å². The summed E-state index contributed by atoms with van der Waals surface area (Å²) in [5, 5.41) is 14.2. The molecule has 0 saturated carbocycles. The molecule has 3 aromatic rings. The van der Waals surface area contributed by atoms with Crippen LogP contribution in [0.4, 0.5) is 0 Å². The number of benzene rings is 3. The highest BCUT2D eigenvalue weighted by Crippen LogP contribution is 2.49. The summed E-state index contributed by atoms with van der Waals surface area (Å²) in [5.41, 5.74) is 2.30. The molecule has 0 radical (unpaired) electrons. The molecule has 11 nitrogen and oxygen atoms in total. The predicted molar refractivity (Wildman–Crippen MR) is 201 cm³/mol. The van der Waals surface area contributed by atoms with Crippen LogP contribution in [0, 0.1) is 5.92 Å². The monoisotopic (exact) mass is 736 g/mol. The molecule has 0 aliphatic heterocycles. The van der Waals surface area contributed by atoms with E-state index in [9.17, 15) is 19.2 Å². The molecule has 0 aromatic heterocycles. The molecule has 0 saturated heterocycles. The maximum atomic E-state index is 13.6. The lowest BCUT2D eigenvalue weighted by Gasteiger charge is -2.36. The van der Waals surface area contributed by atoms with Gasteiger partial charge in [-0.05, 0) is 43.9 Å². The fourth-order valence-corrected chi connectivity index (χ4v) is 6.88. The molecule has 0 aliphatic carbocycles. The van der Waals surface area contributed by atoms with Gasteiger partial charge < -0.3 is 34.7 Å². The molecule has 0 heterocycles. The molecular weight excluding hydrogens is 685 g/mol. The van der Waals surface area contributed by atoms with Crippen LogP contribution < -0.4 is 10.6 Å². The van der Waals surface area contributed by atoms with Crippen molar-refractivity contribution in [1.29, 1.82) is 0 Å². The predicted octanol–water partition coefficient (Wildman–Crippen LogP) is 5.21. The van der Waals surface area contributed by atoms with Gasteiger partial charge in [-0.15, -0.1) is 11.8 Å². The van der Waals surface area contributed by atoms with E-state index in [2.05, 4.69) is 47.0 Å². The highest BCUT2D eigenvalue weighted by atomic mass is 32.2. The van der Waals surface area contributed by atoms with E-state index in [4.69, 9.17) is 24.1 Å². The largest absolute Gasteiger partial charge is 0.481 e. The number of carbonyl (C=O) groups is 4. The second-order valence-corrected chi connectivity index (χ2v) is 14.1. The van der Waals surface area contributed by atoms with Crippen molar-refractivity contribution >= 4 is 35.5 Å². The third-order valence-corrected chi connectivity index (χ3v) is 9.31. The summed E-state index contributed by atoms with van der Waals surface area (Å²) in [4.78, 5) is 49.3. The number of nitrogens with one attached hydrogen (secondary N) is 2. The Morgan fingerprint density at radius 1 is 0.654 bits per heavy atom. The number of hydrogen-bond donors (Lipinski definition) is 3. The van der Waals surface area contributed by atoms with Crippen molar-refractivity contribution < 1.29 is 43.2 Å². The summed E-state index contributed by atoms with van der Waals surface area (Å²) in [6, 6.07) is 30.3. The van der Waals surface area contributed by atoms with Crippen molar-refractivity contribution in [3.05, 3.63) is 108 Å². The quantitative estimate of drug-likeness (QED) is 0.0485. The van der Waals surface area contributed by atoms with E-state index in [1.165, 1.54) is 11.8 Å². The molecular formula is C40H52N2O9S. The molecule has 52 heavy (non-hydrogen) atoms. The van der Waals surface area contributed by atoms with Gasteiger partial charge in [0.2, 0.25) is 11.8 Å². The van der Waals surface area contributed by atoms with Crippen molar-refractivity contribution in [3.63, 3.8) is 0 Å². The van der Waals surface area contributed by atoms with Crippen LogP contribution in [0.15, 0.2) is 91.0 Å². The number of thioether (sulfide) groups is 1. The third kappa shape index (κ3) is 14.8. The Morgan fingerprint density at radius 3 is 1.54 bits per heavy atom. The first-order valence-electron chi connectivity index (χ1n) is 17.6. The Bertz CT molecular complexity index is 1410. The summed E-state index contributed by atoms with van der Waals surface area (Å²) in [7, 11) is 0. The molecule has 3 aromatic carbocycles. The summed E-state index contributed by atoms with van der Waals surface area (Å²) in [5.74, 6) is -3.06. The van der Waals surface area contributed by atoms with Gasteiger partial charge in [-0.3, -0.25) is 19.2 Å². The van der Waals surface area contributed by atoms with Crippen LogP contribution >= 0.6 is 11.8 Å². The Hall–Kier alpha value is -4.23. The lowest BCUT2D eigenvalue weighted by Crippen LogP contribution is -2.42. The normalized spacial score (nSPS) is 12.1. The molecule has 3 rings (SSSR count). The van der Waals surface area contributed by atoms with Crippen molar-refractivity contribution in [2.45, 2.75) is 50.4 Å². The Balaban J connectivity index is 1.50. The molecule has 1 unspecified atom stereocenters. The fourth-order valence-electron chi connectivity index (χ4n) is 5.26. The molecule has 12 heteroatoms. The number of aliphatic carboxylic acids is 1. The molecule has 0 spiro atoms. The number of carbonyl (C=O) groups excluding carboxylic acids is 3. The lowest BCUT2D eigenvalue weighted by atomic mass is 9.84. The Labute approximate surface area is 311 Å². The van der Waals surface area contributed by atoms with Crippen LogP contribution in [0.5, 0.6) is 0 Å². The summed E-state index contributed by atoms with van der Waals surface area (Å²) < 4.78 is 21.6. The van der Waals surface area contributed by atoms with E-state index >= 15 is 0 Å². The van der Waals surface area contributed by atoms with Crippen molar-refractivity contribution in [3.8, 4) is 0 Å². The van der Waals surface area contributed by atoms with Gasteiger partial charge in [-0.1, -0.05) is 91.0 Å². The minimum absolute atomic E-state index is 0.0331. The van der Waals surface area contributed by atoms with Gasteiger partial charge in [0.1, 0.15) is 11.5 Å². The van der Waals surface area contributed by atoms with Gasteiger partial charge in [-0.2, -0.15) is 0 Å². The molecule has 0 bridgehead atoms. The maximum absolute atomic E-state index is 13.6. The standard InChI is InChI=1S/C40H52N2O9S/c1-39(2,3)51-38(47)34(37(46)42-23-25-49-27-29-50-28-26-48-24-22-41-35(43)20-13-21-36(44)45)30-52-40(31-14-7-4-8-15-31,32-16-9-5-10-17-32)33-18-11-6-12-19-33/h4-12,14-19,34H,13,20-30H2,1-3H3,(H,41,43)(H,42,46)(H,44,45). The van der Waals surface area contributed by atoms with E-state index in [0.29, 0.717) is 46.0 Å².